The number of carbonyl (C=O) groups is 3. The SMILES string of the molecule is CC/C(=C(\C1CCC(O)CC1)C1CCC(OCCOCCOC2CCC3C(=O)N(C4CCC(=O)NC4=O)CC3C2)CC1)C1CCCCC1. The van der Waals surface area contributed by atoms with Crippen molar-refractivity contribution in [1.29, 1.82) is 0 Å². The molecule has 6 rings (SSSR count). The number of fused-ring (bicyclic) bond motifs is 1. The lowest BCUT2D eigenvalue weighted by Crippen LogP contribution is -2.53. The molecule has 6 fully saturated rings. The van der Waals surface area contributed by atoms with Crippen molar-refractivity contribution in [3.05, 3.63) is 11.1 Å². The third-order valence-corrected chi connectivity index (χ3v) is 12.8. The summed E-state index contributed by atoms with van der Waals surface area (Å²) in [5.74, 6) is 1.80. The van der Waals surface area contributed by atoms with E-state index in [1.165, 1.54) is 51.4 Å². The Bertz CT molecular complexity index is 1120. The van der Waals surface area contributed by atoms with Gasteiger partial charge in [0.1, 0.15) is 6.04 Å². The van der Waals surface area contributed by atoms with E-state index in [1.54, 1.807) is 10.5 Å². The zero-order valence-electron chi connectivity index (χ0n) is 29.5. The predicted octanol–water partition coefficient (Wildman–Crippen LogP) is 5.87. The van der Waals surface area contributed by atoms with Gasteiger partial charge in [0.15, 0.2) is 0 Å². The Balaban J connectivity index is 0.873. The van der Waals surface area contributed by atoms with E-state index >= 15 is 0 Å². The molecule has 0 aromatic heterocycles. The van der Waals surface area contributed by atoms with Gasteiger partial charge in [-0.3, -0.25) is 19.7 Å². The lowest BCUT2D eigenvalue weighted by Gasteiger charge is -2.39. The number of hydrogen-bond acceptors (Lipinski definition) is 7. The van der Waals surface area contributed by atoms with Gasteiger partial charge in [0, 0.05) is 18.9 Å². The van der Waals surface area contributed by atoms with Crippen LogP contribution in [-0.2, 0) is 28.6 Å². The summed E-state index contributed by atoms with van der Waals surface area (Å²) in [6.07, 6.45) is 20.6. The van der Waals surface area contributed by atoms with Gasteiger partial charge >= 0.3 is 0 Å². The van der Waals surface area contributed by atoms with Crippen LogP contribution in [-0.4, -0.2) is 85.1 Å². The molecule has 4 aliphatic carbocycles. The molecule has 0 aromatic rings. The van der Waals surface area contributed by atoms with E-state index in [-0.39, 0.29) is 41.8 Å². The molecule has 3 amide bonds. The predicted molar refractivity (Wildman–Crippen MR) is 183 cm³/mol. The van der Waals surface area contributed by atoms with Crippen molar-refractivity contribution in [1.82, 2.24) is 10.2 Å². The highest BCUT2D eigenvalue weighted by Crippen LogP contribution is 2.46. The lowest BCUT2D eigenvalue weighted by atomic mass is 9.68. The van der Waals surface area contributed by atoms with Crippen LogP contribution in [0.1, 0.15) is 129 Å². The van der Waals surface area contributed by atoms with Crippen molar-refractivity contribution in [3.8, 4) is 0 Å². The molecule has 4 saturated carbocycles. The minimum Gasteiger partial charge on any atom is -0.393 e. The number of rotatable bonds is 13. The summed E-state index contributed by atoms with van der Waals surface area (Å²) in [4.78, 5) is 38.7. The minimum atomic E-state index is -0.516. The molecule has 48 heavy (non-hydrogen) atoms. The average molecular weight is 671 g/mol. The first-order valence-corrected chi connectivity index (χ1v) is 19.8. The largest absolute Gasteiger partial charge is 0.393 e. The first-order valence-electron chi connectivity index (χ1n) is 19.8. The van der Waals surface area contributed by atoms with E-state index in [0.717, 1.165) is 63.7 Å². The number of carbonyl (C=O) groups excluding carboxylic acids is 3. The van der Waals surface area contributed by atoms with Gasteiger partial charge in [-0.15, -0.1) is 0 Å². The Morgan fingerprint density at radius 1 is 0.750 bits per heavy atom. The number of aliphatic hydroxyl groups excluding tert-OH is 1. The van der Waals surface area contributed by atoms with Crippen molar-refractivity contribution in [2.75, 3.05) is 33.0 Å². The van der Waals surface area contributed by atoms with Crippen LogP contribution in [0.4, 0.5) is 0 Å². The number of imide groups is 1. The molecule has 2 saturated heterocycles. The van der Waals surface area contributed by atoms with Crippen molar-refractivity contribution < 1.29 is 33.7 Å². The molecule has 0 bridgehead atoms. The molecule has 2 aliphatic heterocycles. The normalized spacial score (nSPS) is 35.7. The molecule has 270 valence electrons. The van der Waals surface area contributed by atoms with E-state index in [4.69, 9.17) is 14.2 Å². The van der Waals surface area contributed by atoms with Crippen LogP contribution in [0.15, 0.2) is 11.1 Å². The molecule has 2 N–H and O–H groups in total. The minimum absolute atomic E-state index is 0.0341. The number of piperidine rings is 1. The second-order valence-corrected chi connectivity index (χ2v) is 15.8. The van der Waals surface area contributed by atoms with Crippen LogP contribution in [0.5, 0.6) is 0 Å². The van der Waals surface area contributed by atoms with Gasteiger partial charge in [0.05, 0.1) is 44.7 Å². The maximum Gasteiger partial charge on any atom is 0.249 e. The second-order valence-electron chi connectivity index (χ2n) is 15.8. The molecule has 9 nitrogen and oxygen atoms in total. The average Bonchev–Trinajstić information content (AvgIpc) is 3.43. The Hall–Kier alpha value is -1.81. The van der Waals surface area contributed by atoms with Crippen LogP contribution in [0.3, 0.4) is 0 Å². The standard InChI is InChI=1S/C39H62N2O7/c1-2-33(26-6-4-3-5-7-26)37(27-8-12-30(42)13-9-27)28-10-14-31(15-11-28)47-22-20-46-21-23-48-32-16-17-34-29(24-32)25-41(39(34)45)35-18-19-36(43)40-38(35)44/h26-32,34-35,42H,2-25H2,1H3,(H,40,43,44)/b37-33-. The first kappa shape index (κ1) is 36.0. The maximum absolute atomic E-state index is 13.0. The van der Waals surface area contributed by atoms with E-state index in [2.05, 4.69) is 12.2 Å². The summed E-state index contributed by atoms with van der Waals surface area (Å²) in [6.45, 7) is 5.23. The third-order valence-electron chi connectivity index (χ3n) is 12.8. The summed E-state index contributed by atoms with van der Waals surface area (Å²) in [5.41, 5.74) is 3.62. The molecule has 0 aromatic carbocycles. The van der Waals surface area contributed by atoms with Crippen molar-refractivity contribution in [3.63, 3.8) is 0 Å². The van der Waals surface area contributed by atoms with Gasteiger partial charge < -0.3 is 24.2 Å². The van der Waals surface area contributed by atoms with Crippen molar-refractivity contribution >= 4 is 17.7 Å². The molecule has 0 radical (unpaired) electrons. The molecular weight excluding hydrogens is 608 g/mol. The second kappa shape index (κ2) is 17.4. The maximum atomic E-state index is 13.0. The van der Waals surface area contributed by atoms with E-state index in [1.807, 2.05) is 5.57 Å². The number of nitrogens with one attached hydrogen (secondary N) is 1. The monoisotopic (exact) mass is 670 g/mol. The van der Waals surface area contributed by atoms with Gasteiger partial charge in [-0.1, -0.05) is 37.3 Å². The highest BCUT2D eigenvalue weighted by Gasteiger charge is 2.48. The van der Waals surface area contributed by atoms with Gasteiger partial charge in [-0.05, 0) is 120 Å². The van der Waals surface area contributed by atoms with Crippen LogP contribution in [0, 0.1) is 29.6 Å². The number of nitrogens with zero attached hydrogens (tertiary/aromatic N) is 1. The number of likely N-dealkylation sites (tertiary alicyclic amines) is 1. The summed E-state index contributed by atoms with van der Waals surface area (Å²) in [5, 5.41) is 12.6. The summed E-state index contributed by atoms with van der Waals surface area (Å²) >= 11 is 0. The lowest BCUT2D eigenvalue weighted by molar-refractivity contribution is -0.145. The smallest absolute Gasteiger partial charge is 0.249 e. The zero-order valence-corrected chi connectivity index (χ0v) is 29.5. The Morgan fingerprint density at radius 3 is 2.06 bits per heavy atom. The highest BCUT2D eigenvalue weighted by molar-refractivity contribution is 6.02. The summed E-state index contributed by atoms with van der Waals surface area (Å²) in [6, 6.07) is -0.516. The number of ether oxygens (including phenoxy) is 3. The number of aliphatic hydroxyl groups is 1. The number of hydrogen-bond donors (Lipinski definition) is 2. The van der Waals surface area contributed by atoms with E-state index < -0.39 is 6.04 Å². The molecular formula is C39H62N2O7. The fourth-order valence-electron chi connectivity index (χ4n) is 10.3. The highest BCUT2D eigenvalue weighted by atomic mass is 16.5. The number of amides is 3. The van der Waals surface area contributed by atoms with Gasteiger partial charge in [0.2, 0.25) is 17.7 Å². The number of allylic oxidation sites excluding steroid dienone is 2. The van der Waals surface area contributed by atoms with Gasteiger partial charge in [-0.2, -0.15) is 0 Å². The Morgan fingerprint density at radius 2 is 1.40 bits per heavy atom. The van der Waals surface area contributed by atoms with Crippen LogP contribution < -0.4 is 5.32 Å². The molecule has 2 heterocycles. The topological polar surface area (TPSA) is 114 Å². The van der Waals surface area contributed by atoms with Crippen molar-refractivity contribution in [2.24, 2.45) is 29.6 Å². The quantitative estimate of drug-likeness (QED) is 0.143. The van der Waals surface area contributed by atoms with E-state index in [0.29, 0.717) is 63.8 Å². The summed E-state index contributed by atoms with van der Waals surface area (Å²) < 4.78 is 18.4. The fourth-order valence-corrected chi connectivity index (χ4v) is 10.3. The molecule has 4 unspecified atom stereocenters. The van der Waals surface area contributed by atoms with Crippen LogP contribution in [0.25, 0.3) is 0 Å². The van der Waals surface area contributed by atoms with E-state index in [9.17, 15) is 19.5 Å². The molecule has 0 spiro atoms. The Labute approximate surface area is 288 Å². The van der Waals surface area contributed by atoms with Crippen LogP contribution in [0.2, 0.25) is 0 Å². The molecule has 6 aliphatic rings. The zero-order chi connectivity index (χ0) is 33.5. The molecule has 4 atom stereocenters. The van der Waals surface area contributed by atoms with Gasteiger partial charge in [0.25, 0.3) is 0 Å². The third kappa shape index (κ3) is 8.91. The molecule has 9 heteroatoms. The summed E-state index contributed by atoms with van der Waals surface area (Å²) in [7, 11) is 0. The van der Waals surface area contributed by atoms with Crippen molar-refractivity contribution in [2.45, 2.75) is 153 Å². The fraction of sp³-hybridized carbons (Fsp3) is 0.872. The van der Waals surface area contributed by atoms with Gasteiger partial charge in [-0.25, -0.2) is 0 Å². The van der Waals surface area contributed by atoms with Crippen LogP contribution >= 0.6 is 0 Å². The first-order chi connectivity index (χ1) is 23.4. The Kier molecular flexibility index (Phi) is 13.1.